The van der Waals surface area contributed by atoms with Crippen molar-refractivity contribution in [2.24, 2.45) is 5.92 Å². The summed E-state index contributed by atoms with van der Waals surface area (Å²) in [5, 5.41) is 0. The van der Waals surface area contributed by atoms with Gasteiger partial charge in [0.2, 0.25) is 5.91 Å². The second-order valence-electron chi connectivity index (χ2n) is 7.21. The highest BCUT2D eigenvalue weighted by molar-refractivity contribution is 5.79. The molecule has 6 nitrogen and oxygen atoms in total. The van der Waals surface area contributed by atoms with E-state index in [0.717, 1.165) is 49.5 Å². The second kappa shape index (κ2) is 7.88. The summed E-state index contributed by atoms with van der Waals surface area (Å²) in [5.74, 6) is 0.162. The minimum atomic E-state index is -0.0649. The van der Waals surface area contributed by atoms with E-state index in [9.17, 15) is 4.79 Å². The Morgan fingerprint density at radius 1 is 1.04 bits per heavy atom. The standard InChI is InChI=1S/C21H25N5O/c1-17(14-26-16-23-19-7-2-3-8-20(19)26)21(27)25-12-10-24(11-13-25)15-18-6-4-5-9-22-18/h2-9,16-17H,10-15H2,1H3/t17-/m1/s1. The van der Waals surface area contributed by atoms with Gasteiger partial charge in [-0.1, -0.05) is 25.1 Å². The van der Waals surface area contributed by atoms with E-state index in [2.05, 4.69) is 31.6 Å². The fourth-order valence-electron chi connectivity index (χ4n) is 3.69. The fraction of sp³-hybridized carbons (Fsp3) is 0.381. The van der Waals surface area contributed by atoms with E-state index in [1.54, 1.807) is 0 Å². The van der Waals surface area contributed by atoms with Crippen LogP contribution in [-0.4, -0.2) is 56.4 Å². The number of piperazine rings is 1. The van der Waals surface area contributed by atoms with Crippen LogP contribution in [0.2, 0.25) is 0 Å². The third-order valence-electron chi connectivity index (χ3n) is 5.22. The van der Waals surface area contributed by atoms with E-state index in [1.807, 2.05) is 54.7 Å². The molecule has 0 spiro atoms. The van der Waals surface area contributed by atoms with E-state index in [-0.39, 0.29) is 11.8 Å². The smallest absolute Gasteiger partial charge is 0.227 e. The Hall–Kier alpha value is -2.73. The molecule has 0 aliphatic carbocycles. The van der Waals surface area contributed by atoms with Gasteiger partial charge in [0.25, 0.3) is 0 Å². The van der Waals surface area contributed by atoms with E-state index in [1.165, 1.54) is 0 Å². The molecular weight excluding hydrogens is 338 g/mol. The highest BCUT2D eigenvalue weighted by atomic mass is 16.2. The average molecular weight is 363 g/mol. The van der Waals surface area contributed by atoms with Crippen molar-refractivity contribution in [1.82, 2.24) is 24.3 Å². The average Bonchev–Trinajstić information content (AvgIpc) is 3.12. The van der Waals surface area contributed by atoms with Gasteiger partial charge in [-0.2, -0.15) is 0 Å². The van der Waals surface area contributed by atoms with Gasteiger partial charge >= 0.3 is 0 Å². The lowest BCUT2D eigenvalue weighted by atomic mass is 10.1. The van der Waals surface area contributed by atoms with Crippen LogP contribution in [0.25, 0.3) is 11.0 Å². The van der Waals surface area contributed by atoms with Crippen LogP contribution < -0.4 is 0 Å². The summed E-state index contributed by atoms with van der Waals surface area (Å²) in [4.78, 5) is 26.1. The van der Waals surface area contributed by atoms with Crippen molar-refractivity contribution in [3.05, 3.63) is 60.7 Å². The molecule has 4 rings (SSSR count). The highest BCUT2D eigenvalue weighted by Crippen LogP contribution is 2.16. The lowest BCUT2D eigenvalue weighted by Crippen LogP contribution is -2.50. The van der Waals surface area contributed by atoms with Gasteiger partial charge in [-0.3, -0.25) is 14.7 Å². The molecule has 6 heteroatoms. The van der Waals surface area contributed by atoms with Gasteiger partial charge in [0.15, 0.2) is 0 Å². The normalized spacial score (nSPS) is 16.6. The molecule has 3 aromatic rings. The van der Waals surface area contributed by atoms with Gasteiger partial charge in [0, 0.05) is 45.5 Å². The number of carbonyl (C=O) groups is 1. The Morgan fingerprint density at radius 2 is 1.81 bits per heavy atom. The van der Waals surface area contributed by atoms with Crippen molar-refractivity contribution >= 4 is 16.9 Å². The molecular formula is C21H25N5O. The minimum Gasteiger partial charge on any atom is -0.340 e. The van der Waals surface area contributed by atoms with Crippen LogP contribution in [0.1, 0.15) is 12.6 Å². The fourth-order valence-corrected chi connectivity index (χ4v) is 3.69. The Balaban J connectivity index is 1.32. The van der Waals surface area contributed by atoms with Crippen LogP contribution in [0.5, 0.6) is 0 Å². The van der Waals surface area contributed by atoms with Crippen LogP contribution >= 0.6 is 0 Å². The predicted molar refractivity (Wildman–Crippen MR) is 105 cm³/mol. The van der Waals surface area contributed by atoms with Gasteiger partial charge in [0.1, 0.15) is 0 Å². The zero-order chi connectivity index (χ0) is 18.6. The lowest BCUT2D eigenvalue weighted by Gasteiger charge is -2.35. The van der Waals surface area contributed by atoms with E-state index in [4.69, 9.17) is 0 Å². The van der Waals surface area contributed by atoms with Gasteiger partial charge in [-0.25, -0.2) is 4.98 Å². The third kappa shape index (κ3) is 4.01. The van der Waals surface area contributed by atoms with Crippen molar-refractivity contribution < 1.29 is 4.79 Å². The van der Waals surface area contributed by atoms with E-state index in [0.29, 0.717) is 6.54 Å². The van der Waals surface area contributed by atoms with Crippen LogP contribution in [0.15, 0.2) is 55.0 Å². The summed E-state index contributed by atoms with van der Waals surface area (Å²) in [6, 6.07) is 14.0. The number of hydrogen-bond acceptors (Lipinski definition) is 4. The summed E-state index contributed by atoms with van der Waals surface area (Å²) in [6.45, 7) is 6.86. The molecule has 1 aliphatic rings. The van der Waals surface area contributed by atoms with Crippen molar-refractivity contribution in [2.45, 2.75) is 20.0 Å². The van der Waals surface area contributed by atoms with Crippen LogP contribution in [0.3, 0.4) is 0 Å². The molecule has 0 saturated carbocycles. The monoisotopic (exact) mass is 363 g/mol. The molecule has 1 aromatic carbocycles. The first kappa shape index (κ1) is 17.7. The van der Waals surface area contributed by atoms with Gasteiger partial charge in [-0.15, -0.1) is 0 Å². The molecule has 0 N–H and O–H groups in total. The van der Waals surface area contributed by atoms with E-state index < -0.39 is 0 Å². The number of imidazole rings is 1. The summed E-state index contributed by atoms with van der Waals surface area (Å²) < 4.78 is 2.08. The SMILES string of the molecule is C[C@H](Cn1cnc2ccccc21)C(=O)N1CCN(Cc2ccccn2)CC1. The maximum absolute atomic E-state index is 12.9. The summed E-state index contributed by atoms with van der Waals surface area (Å²) in [5.41, 5.74) is 3.13. The van der Waals surface area contributed by atoms with Crippen molar-refractivity contribution in [3.63, 3.8) is 0 Å². The first-order chi connectivity index (χ1) is 13.2. The number of nitrogens with zero attached hydrogens (tertiary/aromatic N) is 5. The quantitative estimate of drug-likeness (QED) is 0.699. The van der Waals surface area contributed by atoms with Gasteiger partial charge in [0.05, 0.1) is 29.0 Å². The largest absolute Gasteiger partial charge is 0.340 e. The number of pyridine rings is 1. The Bertz CT molecular complexity index is 899. The molecule has 0 unspecified atom stereocenters. The number of fused-ring (bicyclic) bond motifs is 1. The number of amides is 1. The zero-order valence-corrected chi connectivity index (χ0v) is 15.7. The molecule has 1 saturated heterocycles. The molecule has 1 aliphatic heterocycles. The number of carbonyl (C=O) groups excluding carboxylic acids is 1. The number of rotatable bonds is 5. The molecule has 140 valence electrons. The van der Waals surface area contributed by atoms with Crippen LogP contribution in [-0.2, 0) is 17.9 Å². The lowest BCUT2D eigenvalue weighted by molar-refractivity contribution is -0.137. The molecule has 2 aromatic heterocycles. The number of aromatic nitrogens is 3. The molecule has 0 radical (unpaired) electrons. The van der Waals surface area contributed by atoms with Gasteiger partial charge in [-0.05, 0) is 24.3 Å². The molecule has 1 fully saturated rings. The van der Waals surface area contributed by atoms with Gasteiger partial charge < -0.3 is 9.47 Å². The Labute approximate surface area is 159 Å². The molecule has 0 bridgehead atoms. The van der Waals surface area contributed by atoms with Crippen molar-refractivity contribution in [2.75, 3.05) is 26.2 Å². The molecule has 27 heavy (non-hydrogen) atoms. The van der Waals surface area contributed by atoms with Crippen LogP contribution in [0, 0.1) is 5.92 Å². The topological polar surface area (TPSA) is 54.3 Å². The van der Waals surface area contributed by atoms with Crippen molar-refractivity contribution in [1.29, 1.82) is 0 Å². The first-order valence-electron chi connectivity index (χ1n) is 9.51. The molecule has 3 heterocycles. The summed E-state index contributed by atoms with van der Waals surface area (Å²) in [6.07, 6.45) is 3.66. The second-order valence-corrected chi connectivity index (χ2v) is 7.21. The number of para-hydroxylation sites is 2. The van der Waals surface area contributed by atoms with Crippen LogP contribution in [0.4, 0.5) is 0 Å². The Morgan fingerprint density at radius 3 is 2.59 bits per heavy atom. The third-order valence-corrected chi connectivity index (χ3v) is 5.22. The predicted octanol–water partition coefficient (Wildman–Crippen LogP) is 2.41. The number of hydrogen-bond donors (Lipinski definition) is 0. The first-order valence-corrected chi connectivity index (χ1v) is 9.51. The maximum Gasteiger partial charge on any atom is 0.227 e. The Kier molecular flexibility index (Phi) is 5.16. The maximum atomic E-state index is 12.9. The summed E-state index contributed by atoms with van der Waals surface area (Å²) in [7, 11) is 0. The highest BCUT2D eigenvalue weighted by Gasteiger charge is 2.25. The van der Waals surface area contributed by atoms with E-state index >= 15 is 0 Å². The van der Waals surface area contributed by atoms with Crippen molar-refractivity contribution in [3.8, 4) is 0 Å². The molecule has 1 atom stereocenters. The number of benzene rings is 1. The molecule has 1 amide bonds. The zero-order valence-electron chi connectivity index (χ0n) is 15.7. The minimum absolute atomic E-state index is 0.0649. The summed E-state index contributed by atoms with van der Waals surface area (Å²) >= 11 is 0.